The standard InChI is InChI=1S/C13H12BrF2NO2S/c1-7(18)20-6-8-4-11(19)17(5-8)10-3-2-9(15)13(16)12(10)14/h2-3,8H,4-6H2,1H3. The predicted molar refractivity (Wildman–Crippen MR) is 77.7 cm³/mol. The van der Waals surface area contributed by atoms with Crippen LogP contribution in [0.3, 0.4) is 0 Å². The molecule has 1 atom stereocenters. The number of thioether (sulfide) groups is 1. The van der Waals surface area contributed by atoms with E-state index in [0.29, 0.717) is 24.4 Å². The van der Waals surface area contributed by atoms with Gasteiger partial charge in [-0.1, -0.05) is 11.8 Å². The van der Waals surface area contributed by atoms with Crippen molar-refractivity contribution in [2.24, 2.45) is 5.92 Å². The van der Waals surface area contributed by atoms with Crippen LogP contribution in [0.25, 0.3) is 0 Å². The number of nitrogens with zero attached hydrogens (tertiary/aromatic N) is 1. The van der Waals surface area contributed by atoms with Crippen molar-refractivity contribution in [2.75, 3.05) is 17.2 Å². The predicted octanol–water partition coefficient (Wildman–Crippen LogP) is 3.36. The van der Waals surface area contributed by atoms with E-state index < -0.39 is 11.6 Å². The Balaban J connectivity index is 2.16. The first-order valence-corrected chi connectivity index (χ1v) is 7.75. The zero-order valence-corrected chi connectivity index (χ0v) is 13.1. The number of rotatable bonds is 3. The molecule has 7 heteroatoms. The fourth-order valence-electron chi connectivity index (χ4n) is 2.09. The van der Waals surface area contributed by atoms with Gasteiger partial charge in [-0.2, -0.15) is 0 Å². The topological polar surface area (TPSA) is 37.4 Å². The van der Waals surface area contributed by atoms with Gasteiger partial charge < -0.3 is 4.90 Å². The summed E-state index contributed by atoms with van der Waals surface area (Å²) >= 11 is 4.16. The van der Waals surface area contributed by atoms with E-state index in [1.807, 2.05) is 0 Å². The molecule has 0 radical (unpaired) electrons. The van der Waals surface area contributed by atoms with Gasteiger partial charge in [0, 0.05) is 25.6 Å². The van der Waals surface area contributed by atoms with Gasteiger partial charge in [0.2, 0.25) is 5.91 Å². The quantitative estimate of drug-likeness (QED) is 0.772. The highest BCUT2D eigenvalue weighted by atomic mass is 79.9. The van der Waals surface area contributed by atoms with Gasteiger partial charge in [0.15, 0.2) is 16.7 Å². The maximum atomic E-state index is 13.5. The maximum Gasteiger partial charge on any atom is 0.227 e. The maximum absolute atomic E-state index is 13.5. The molecule has 0 spiro atoms. The molecule has 1 saturated heterocycles. The highest BCUT2D eigenvalue weighted by molar-refractivity contribution is 9.10. The number of hydrogen-bond donors (Lipinski definition) is 0. The number of benzene rings is 1. The average molecular weight is 364 g/mol. The molecule has 108 valence electrons. The SMILES string of the molecule is CC(=O)SCC1CC(=O)N(c2ccc(F)c(F)c2Br)C1. The molecule has 20 heavy (non-hydrogen) atoms. The molecule has 1 fully saturated rings. The first-order valence-electron chi connectivity index (χ1n) is 5.97. The van der Waals surface area contributed by atoms with Gasteiger partial charge >= 0.3 is 0 Å². The van der Waals surface area contributed by atoms with Crippen molar-refractivity contribution in [1.82, 2.24) is 0 Å². The van der Waals surface area contributed by atoms with E-state index in [2.05, 4.69) is 15.9 Å². The summed E-state index contributed by atoms with van der Waals surface area (Å²) in [6.45, 7) is 1.88. The lowest BCUT2D eigenvalue weighted by Gasteiger charge is -2.18. The van der Waals surface area contributed by atoms with Crippen molar-refractivity contribution >= 4 is 44.4 Å². The van der Waals surface area contributed by atoms with Crippen molar-refractivity contribution in [3.05, 3.63) is 28.2 Å². The Bertz CT molecular complexity index is 568. The molecule has 0 N–H and O–H groups in total. The Hall–Kier alpha value is -0.950. The van der Waals surface area contributed by atoms with Crippen LogP contribution < -0.4 is 4.90 Å². The van der Waals surface area contributed by atoms with Crippen molar-refractivity contribution in [3.8, 4) is 0 Å². The number of carbonyl (C=O) groups is 2. The first-order chi connectivity index (χ1) is 9.40. The van der Waals surface area contributed by atoms with Gasteiger partial charge in [0.25, 0.3) is 0 Å². The molecule has 1 aliphatic rings. The minimum atomic E-state index is -1.00. The molecule has 1 aromatic rings. The molecule has 1 amide bonds. The summed E-state index contributed by atoms with van der Waals surface area (Å²) in [6.07, 6.45) is 0.311. The zero-order chi connectivity index (χ0) is 14.9. The van der Waals surface area contributed by atoms with Crippen molar-refractivity contribution in [2.45, 2.75) is 13.3 Å². The van der Waals surface area contributed by atoms with Crippen LogP contribution >= 0.6 is 27.7 Å². The second kappa shape index (κ2) is 6.22. The van der Waals surface area contributed by atoms with Gasteiger partial charge in [-0.3, -0.25) is 9.59 Å². The highest BCUT2D eigenvalue weighted by Crippen LogP contribution is 2.34. The van der Waals surface area contributed by atoms with Gasteiger partial charge in [0.1, 0.15) is 0 Å². The summed E-state index contributed by atoms with van der Waals surface area (Å²) in [6, 6.07) is 2.38. The molecule has 0 aliphatic carbocycles. The summed E-state index contributed by atoms with van der Waals surface area (Å²) in [4.78, 5) is 24.3. The number of halogens is 3. The van der Waals surface area contributed by atoms with Crippen molar-refractivity contribution in [1.29, 1.82) is 0 Å². The molecule has 1 aliphatic heterocycles. The molecule has 0 bridgehead atoms. The number of hydrogen-bond acceptors (Lipinski definition) is 3. The fourth-order valence-corrected chi connectivity index (χ4v) is 3.31. The van der Waals surface area contributed by atoms with E-state index in [1.54, 1.807) is 0 Å². The lowest BCUT2D eigenvalue weighted by atomic mass is 10.1. The Morgan fingerprint density at radius 2 is 2.20 bits per heavy atom. The summed E-state index contributed by atoms with van der Waals surface area (Å²) in [5.41, 5.74) is 0.323. The van der Waals surface area contributed by atoms with Gasteiger partial charge in [-0.25, -0.2) is 8.78 Å². The summed E-state index contributed by atoms with van der Waals surface area (Å²) < 4.78 is 26.5. The number of anilines is 1. The number of carbonyl (C=O) groups excluding carboxylic acids is 2. The third-order valence-corrected chi connectivity index (χ3v) is 4.83. The third kappa shape index (κ3) is 3.20. The molecule has 1 heterocycles. The van der Waals surface area contributed by atoms with Crippen LogP contribution in [0.1, 0.15) is 13.3 Å². The second-order valence-corrected chi connectivity index (χ2v) is 6.56. The molecular formula is C13H12BrF2NO2S. The summed E-state index contributed by atoms with van der Waals surface area (Å²) in [5, 5.41) is 0.00454. The van der Waals surface area contributed by atoms with Gasteiger partial charge in [-0.15, -0.1) is 0 Å². The molecule has 3 nitrogen and oxygen atoms in total. The van der Waals surface area contributed by atoms with Crippen LogP contribution in [-0.2, 0) is 9.59 Å². The Morgan fingerprint density at radius 1 is 1.50 bits per heavy atom. The van der Waals surface area contributed by atoms with Crippen LogP contribution in [0.4, 0.5) is 14.5 Å². The van der Waals surface area contributed by atoms with Crippen LogP contribution in [0, 0.1) is 17.6 Å². The van der Waals surface area contributed by atoms with E-state index in [1.165, 1.54) is 29.7 Å². The van der Waals surface area contributed by atoms with Crippen molar-refractivity contribution in [3.63, 3.8) is 0 Å². The molecule has 2 rings (SSSR count). The molecule has 0 aromatic heterocycles. The lowest BCUT2D eigenvalue weighted by Crippen LogP contribution is -2.25. The zero-order valence-electron chi connectivity index (χ0n) is 10.7. The van der Waals surface area contributed by atoms with Crippen LogP contribution in [0.2, 0.25) is 0 Å². The Labute approximate surface area is 127 Å². The molecule has 0 saturated carbocycles. The molecular weight excluding hydrogens is 352 g/mol. The summed E-state index contributed by atoms with van der Waals surface area (Å²) in [7, 11) is 0. The normalized spacial score (nSPS) is 18.7. The first kappa shape index (κ1) is 15.4. The van der Waals surface area contributed by atoms with Crippen LogP contribution in [0.5, 0.6) is 0 Å². The van der Waals surface area contributed by atoms with E-state index in [4.69, 9.17) is 0 Å². The van der Waals surface area contributed by atoms with Crippen LogP contribution in [0.15, 0.2) is 16.6 Å². The van der Waals surface area contributed by atoms with E-state index in [9.17, 15) is 18.4 Å². The Kier molecular flexibility index (Phi) is 4.80. The fraction of sp³-hybridized carbons (Fsp3) is 0.385. The summed E-state index contributed by atoms with van der Waals surface area (Å²) in [5.74, 6) is -1.52. The minimum Gasteiger partial charge on any atom is -0.311 e. The van der Waals surface area contributed by atoms with Crippen molar-refractivity contribution < 1.29 is 18.4 Å². The van der Waals surface area contributed by atoms with Crippen LogP contribution in [-0.4, -0.2) is 23.3 Å². The van der Waals surface area contributed by atoms with Gasteiger partial charge in [-0.05, 0) is 34.0 Å². The second-order valence-electron chi connectivity index (χ2n) is 4.57. The van der Waals surface area contributed by atoms with E-state index in [0.717, 1.165) is 6.07 Å². The monoisotopic (exact) mass is 363 g/mol. The largest absolute Gasteiger partial charge is 0.311 e. The average Bonchev–Trinajstić information content (AvgIpc) is 2.75. The third-order valence-electron chi connectivity index (χ3n) is 3.03. The lowest BCUT2D eigenvalue weighted by molar-refractivity contribution is -0.117. The highest BCUT2D eigenvalue weighted by Gasteiger charge is 2.32. The van der Waals surface area contributed by atoms with E-state index >= 15 is 0 Å². The molecule has 1 aromatic carbocycles. The van der Waals surface area contributed by atoms with Gasteiger partial charge in [0.05, 0.1) is 10.2 Å². The Morgan fingerprint density at radius 3 is 2.85 bits per heavy atom. The minimum absolute atomic E-state index is 0.00454. The van der Waals surface area contributed by atoms with E-state index in [-0.39, 0.29) is 21.4 Å². The number of amides is 1. The molecule has 1 unspecified atom stereocenters. The smallest absolute Gasteiger partial charge is 0.227 e.